The third-order valence-electron chi connectivity index (χ3n) is 3.89. The number of amides is 1. The number of rotatable bonds is 5. The molecule has 25 heavy (non-hydrogen) atoms. The van der Waals surface area contributed by atoms with Crippen LogP contribution in [0.25, 0.3) is 10.9 Å². The predicted molar refractivity (Wildman–Crippen MR) is 93.3 cm³/mol. The molecule has 0 aliphatic rings. The highest BCUT2D eigenvalue weighted by Gasteiger charge is 2.14. The van der Waals surface area contributed by atoms with Crippen LogP contribution in [-0.2, 0) is 17.9 Å². The van der Waals surface area contributed by atoms with Crippen LogP contribution in [0.2, 0.25) is 0 Å². The van der Waals surface area contributed by atoms with Crippen LogP contribution in [0, 0.1) is 0 Å². The maximum absolute atomic E-state index is 12.4. The van der Waals surface area contributed by atoms with E-state index >= 15 is 0 Å². The molecule has 0 N–H and O–H groups in total. The lowest BCUT2D eigenvalue weighted by Gasteiger charge is -2.17. The molecule has 0 atom stereocenters. The fourth-order valence-corrected chi connectivity index (χ4v) is 2.51. The molecule has 0 radical (unpaired) electrons. The lowest BCUT2D eigenvalue weighted by Crippen LogP contribution is -2.35. The summed E-state index contributed by atoms with van der Waals surface area (Å²) in [7, 11) is 3.28. The summed E-state index contributed by atoms with van der Waals surface area (Å²) in [5, 5.41) is 8.28. The van der Waals surface area contributed by atoms with Crippen LogP contribution in [0.4, 0.5) is 0 Å². The van der Waals surface area contributed by atoms with Gasteiger partial charge in [-0.05, 0) is 29.8 Å². The number of carbonyl (C=O) groups excluding carboxylic acids is 1. The second-order valence-electron chi connectivity index (χ2n) is 5.67. The average Bonchev–Trinajstić information content (AvgIpc) is 2.64. The summed E-state index contributed by atoms with van der Waals surface area (Å²) in [5.74, 6) is 0.504. The second kappa shape index (κ2) is 7.12. The molecule has 1 heterocycles. The van der Waals surface area contributed by atoms with Gasteiger partial charge in [0, 0.05) is 13.6 Å². The first-order chi connectivity index (χ1) is 12.1. The molecule has 0 fully saturated rings. The van der Waals surface area contributed by atoms with E-state index in [1.165, 1.54) is 4.90 Å². The Kier molecular flexibility index (Phi) is 4.74. The first-order valence-electron chi connectivity index (χ1n) is 7.78. The van der Waals surface area contributed by atoms with Gasteiger partial charge >= 0.3 is 0 Å². The van der Waals surface area contributed by atoms with Gasteiger partial charge in [0.25, 0.3) is 5.56 Å². The number of hydrogen-bond donors (Lipinski definition) is 0. The Hall–Kier alpha value is -3.22. The third kappa shape index (κ3) is 3.65. The first kappa shape index (κ1) is 16.6. The van der Waals surface area contributed by atoms with Crippen LogP contribution in [0.3, 0.4) is 0 Å². The van der Waals surface area contributed by atoms with Crippen molar-refractivity contribution in [2.75, 3.05) is 14.2 Å². The lowest BCUT2D eigenvalue weighted by atomic mass is 10.2. The minimum absolute atomic E-state index is 0.156. The molecule has 3 aromatic rings. The van der Waals surface area contributed by atoms with Crippen LogP contribution in [0.15, 0.2) is 53.3 Å². The average molecular weight is 338 g/mol. The zero-order chi connectivity index (χ0) is 17.8. The van der Waals surface area contributed by atoms with Gasteiger partial charge in [-0.2, -0.15) is 0 Å². The van der Waals surface area contributed by atoms with Crippen molar-refractivity contribution in [3.05, 3.63) is 64.4 Å². The van der Waals surface area contributed by atoms with Gasteiger partial charge in [-0.3, -0.25) is 9.59 Å². The zero-order valence-electron chi connectivity index (χ0n) is 14.0. The molecule has 0 unspecified atom stereocenters. The Morgan fingerprint density at radius 1 is 1.20 bits per heavy atom. The van der Waals surface area contributed by atoms with Crippen molar-refractivity contribution in [1.82, 2.24) is 19.9 Å². The van der Waals surface area contributed by atoms with E-state index in [4.69, 9.17) is 4.74 Å². The van der Waals surface area contributed by atoms with Crippen LogP contribution in [0.5, 0.6) is 5.75 Å². The van der Waals surface area contributed by atoms with Gasteiger partial charge in [0.05, 0.1) is 12.5 Å². The normalized spacial score (nSPS) is 10.6. The Bertz CT molecular complexity index is 968. The van der Waals surface area contributed by atoms with Crippen molar-refractivity contribution < 1.29 is 9.53 Å². The number of fused-ring (bicyclic) bond motifs is 1. The molecule has 0 spiro atoms. The standard InChI is InChI=1S/C18H18N4O3/c1-21(11-13-6-5-7-14(10-13)25-2)17(23)12-22-18(24)15-8-3-4-9-16(15)19-20-22/h3-10H,11-12H2,1-2H3. The topological polar surface area (TPSA) is 77.3 Å². The molecule has 0 aliphatic carbocycles. The van der Waals surface area contributed by atoms with Crippen molar-refractivity contribution >= 4 is 16.8 Å². The quantitative estimate of drug-likeness (QED) is 0.704. The lowest BCUT2D eigenvalue weighted by molar-refractivity contribution is -0.131. The van der Waals surface area contributed by atoms with Crippen molar-refractivity contribution in [2.45, 2.75) is 13.1 Å². The number of aromatic nitrogens is 3. The van der Waals surface area contributed by atoms with Gasteiger partial charge in [-0.1, -0.05) is 29.5 Å². The molecule has 0 aliphatic heterocycles. The Morgan fingerprint density at radius 3 is 2.80 bits per heavy atom. The maximum Gasteiger partial charge on any atom is 0.278 e. The SMILES string of the molecule is COc1cccc(CN(C)C(=O)Cn2nnc3ccccc3c2=O)c1. The van der Waals surface area contributed by atoms with Crippen molar-refractivity contribution in [3.63, 3.8) is 0 Å². The van der Waals surface area contributed by atoms with Gasteiger partial charge in [0.1, 0.15) is 17.8 Å². The molecule has 1 aromatic heterocycles. The molecule has 0 saturated carbocycles. The summed E-state index contributed by atoms with van der Waals surface area (Å²) < 4.78 is 6.27. The number of hydrogen-bond acceptors (Lipinski definition) is 5. The fourth-order valence-electron chi connectivity index (χ4n) is 2.51. The highest BCUT2D eigenvalue weighted by Crippen LogP contribution is 2.14. The summed E-state index contributed by atoms with van der Waals surface area (Å²) in [6.07, 6.45) is 0. The van der Waals surface area contributed by atoms with Crippen LogP contribution < -0.4 is 10.3 Å². The molecule has 7 nitrogen and oxygen atoms in total. The van der Waals surface area contributed by atoms with Gasteiger partial charge < -0.3 is 9.64 Å². The molecule has 1 amide bonds. The molecular formula is C18H18N4O3. The summed E-state index contributed by atoms with van der Waals surface area (Å²) in [4.78, 5) is 26.4. The Labute approximate surface area is 144 Å². The summed E-state index contributed by atoms with van der Waals surface area (Å²) in [6.45, 7) is 0.253. The molecule has 128 valence electrons. The van der Waals surface area contributed by atoms with E-state index in [0.29, 0.717) is 17.4 Å². The number of nitrogens with zero attached hydrogens (tertiary/aromatic N) is 4. The minimum atomic E-state index is -0.325. The van der Waals surface area contributed by atoms with Gasteiger partial charge in [0.15, 0.2) is 0 Å². The van der Waals surface area contributed by atoms with Crippen molar-refractivity contribution in [1.29, 1.82) is 0 Å². The van der Waals surface area contributed by atoms with Crippen LogP contribution >= 0.6 is 0 Å². The summed E-state index contributed by atoms with van der Waals surface area (Å²) in [6, 6.07) is 14.4. The third-order valence-corrected chi connectivity index (χ3v) is 3.89. The van der Waals surface area contributed by atoms with E-state index in [9.17, 15) is 9.59 Å². The summed E-state index contributed by atoms with van der Waals surface area (Å²) in [5.41, 5.74) is 1.13. The van der Waals surface area contributed by atoms with E-state index in [2.05, 4.69) is 10.3 Å². The molecule has 7 heteroatoms. The Morgan fingerprint density at radius 2 is 2.00 bits per heavy atom. The monoisotopic (exact) mass is 338 g/mol. The highest BCUT2D eigenvalue weighted by atomic mass is 16.5. The van der Waals surface area contributed by atoms with E-state index in [1.807, 2.05) is 24.3 Å². The minimum Gasteiger partial charge on any atom is -0.497 e. The Balaban J connectivity index is 1.75. The second-order valence-corrected chi connectivity index (χ2v) is 5.67. The maximum atomic E-state index is 12.4. The predicted octanol–water partition coefficient (Wildman–Crippen LogP) is 1.46. The number of carbonyl (C=O) groups is 1. The number of ether oxygens (including phenoxy) is 1. The van der Waals surface area contributed by atoms with Crippen LogP contribution in [0.1, 0.15) is 5.56 Å². The van der Waals surface area contributed by atoms with Gasteiger partial charge in [0.2, 0.25) is 5.91 Å². The van der Waals surface area contributed by atoms with E-state index in [0.717, 1.165) is 16.0 Å². The number of methoxy groups -OCH3 is 1. The van der Waals surface area contributed by atoms with Crippen LogP contribution in [-0.4, -0.2) is 40.0 Å². The fraction of sp³-hybridized carbons (Fsp3) is 0.222. The molecule has 0 bridgehead atoms. The van der Waals surface area contributed by atoms with E-state index in [1.54, 1.807) is 38.4 Å². The highest BCUT2D eigenvalue weighted by molar-refractivity contribution is 5.78. The summed E-state index contributed by atoms with van der Waals surface area (Å²) >= 11 is 0. The van der Waals surface area contributed by atoms with Gasteiger partial charge in [-0.25, -0.2) is 4.68 Å². The largest absolute Gasteiger partial charge is 0.497 e. The first-order valence-corrected chi connectivity index (χ1v) is 7.78. The van der Waals surface area contributed by atoms with Crippen molar-refractivity contribution in [3.8, 4) is 5.75 Å². The van der Waals surface area contributed by atoms with Gasteiger partial charge in [-0.15, -0.1) is 5.10 Å². The zero-order valence-corrected chi connectivity index (χ0v) is 14.0. The van der Waals surface area contributed by atoms with Crippen molar-refractivity contribution in [2.24, 2.45) is 0 Å². The number of benzene rings is 2. The van der Waals surface area contributed by atoms with E-state index < -0.39 is 0 Å². The molecule has 2 aromatic carbocycles. The van der Waals surface area contributed by atoms with E-state index in [-0.39, 0.29) is 18.0 Å². The molecule has 3 rings (SSSR count). The molecule has 0 saturated heterocycles. The smallest absolute Gasteiger partial charge is 0.278 e. The number of likely N-dealkylation sites (N-methyl/N-ethyl adjacent to an activating group) is 1. The molecular weight excluding hydrogens is 320 g/mol.